The molecule has 4 nitrogen and oxygen atoms in total. The Morgan fingerprint density at radius 1 is 1.38 bits per heavy atom. The number of nitrogens with one attached hydrogen (secondary N) is 1. The molecule has 2 rings (SSSR count). The highest BCUT2D eigenvalue weighted by atomic mass is 16.1. The van der Waals surface area contributed by atoms with Gasteiger partial charge in [-0.05, 0) is 12.1 Å². The minimum atomic E-state index is -0.386. The van der Waals surface area contributed by atoms with Crippen LogP contribution in [0.1, 0.15) is 27.3 Å². The van der Waals surface area contributed by atoms with E-state index in [4.69, 9.17) is 5.41 Å². The molecule has 1 heterocycles. The van der Waals surface area contributed by atoms with Gasteiger partial charge in [-0.25, -0.2) is 0 Å². The number of rotatable bonds is 0. The van der Waals surface area contributed by atoms with Gasteiger partial charge < -0.3 is 5.41 Å². The summed E-state index contributed by atoms with van der Waals surface area (Å²) in [7, 11) is 0. The third-order valence-corrected chi connectivity index (χ3v) is 1.93. The number of hydrogen-bond acceptors (Lipinski definition) is 4. The van der Waals surface area contributed by atoms with Crippen LogP contribution < -0.4 is 0 Å². The van der Waals surface area contributed by atoms with Crippen LogP contribution in [-0.2, 0) is 0 Å². The fourth-order valence-electron chi connectivity index (χ4n) is 1.30. The average molecular weight is 174 g/mol. The number of Topliss-reactive ketones (excluding diaryl/α,β-unsaturated/α-hetero) is 2. The van der Waals surface area contributed by atoms with Crippen molar-refractivity contribution >= 4 is 17.3 Å². The maximum absolute atomic E-state index is 11.3. The third-order valence-electron chi connectivity index (χ3n) is 1.93. The molecule has 0 saturated carbocycles. The number of aromatic nitrogens is 1. The van der Waals surface area contributed by atoms with Gasteiger partial charge in [-0.15, -0.1) is 0 Å². The maximum Gasteiger partial charge on any atom is 0.209 e. The number of carbonyl (C=O) groups is 2. The fourth-order valence-corrected chi connectivity index (χ4v) is 1.30. The summed E-state index contributed by atoms with van der Waals surface area (Å²) in [5.74, 6) is -0.636. The van der Waals surface area contributed by atoms with Crippen LogP contribution in [0.25, 0.3) is 0 Å². The normalized spacial score (nSPS) is 15.8. The number of carbonyl (C=O) groups excluding carboxylic acids is 2. The summed E-state index contributed by atoms with van der Waals surface area (Å²) in [5.41, 5.74) is 0.303. The summed E-state index contributed by atoms with van der Waals surface area (Å²) in [6.07, 6.45) is 1.35. The molecule has 0 bridgehead atoms. The molecule has 0 radical (unpaired) electrons. The van der Waals surface area contributed by atoms with Gasteiger partial charge in [-0.3, -0.25) is 14.6 Å². The highest BCUT2D eigenvalue weighted by molar-refractivity contribution is 6.51. The van der Waals surface area contributed by atoms with E-state index < -0.39 is 0 Å². The molecule has 0 unspecified atom stereocenters. The standard InChI is InChI=1S/C9H6N2O2/c10-6-4-7(12)8-5(9(6)13)2-1-3-11-8/h1-3,10H,4H2. The van der Waals surface area contributed by atoms with Gasteiger partial charge in [-0.1, -0.05) is 0 Å². The van der Waals surface area contributed by atoms with Crippen LogP contribution in [0.4, 0.5) is 0 Å². The van der Waals surface area contributed by atoms with Gasteiger partial charge in [0.2, 0.25) is 5.78 Å². The Balaban J connectivity index is 2.67. The first-order chi connectivity index (χ1) is 6.20. The molecule has 0 aliphatic heterocycles. The summed E-state index contributed by atoms with van der Waals surface area (Å²) in [6.45, 7) is 0. The summed E-state index contributed by atoms with van der Waals surface area (Å²) < 4.78 is 0. The van der Waals surface area contributed by atoms with Crippen molar-refractivity contribution in [2.24, 2.45) is 0 Å². The quantitative estimate of drug-likeness (QED) is 0.634. The van der Waals surface area contributed by atoms with E-state index in [-0.39, 0.29) is 35.0 Å². The number of ketones is 2. The van der Waals surface area contributed by atoms with Crippen molar-refractivity contribution < 1.29 is 9.59 Å². The number of pyridine rings is 1. The van der Waals surface area contributed by atoms with Crippen molar-refractivity contribution in [2.75, 3.05) is 0 Å². The van der Waals surface area contributed by atoms with Crippen LogP contribution in [0.5, 0.6) is 0 Å². The van der Waals surface area contributed by atoms with Gasteiger partial charge >= 0.3 is 0 Å². The van der Waals surface area contributed by atoms with Gasteiger partial charge in [0.1, 0.15) is 5.69 Å². The molecular weight excluding hydrogens is 168 g/mol. The fraction of sp³-hybridized carbons (Fsp3) is 0.111. The van der Waals surface area contributed by atoms with Crippen molar-refractivity contribution in [3.05, 3.63) is 29.6 Å². The zero-order valence-corrected chi connectivity index (χ0v) is 6.70. The Morgan fingerprint density at radius 3 is 2.92 bits per heavy atom. The van der Waals surface area contributed by atoms with E-state index in [1.807, 2.05) is 0 Å². The van der Waals surface area contributed by atoms with Crippen LogP contribution >= 0.6 is 0 Å². The topological polar surface area (TPSA) is 70.9 Å². The Morgan fingerprint density at radius 2 is 2.15 bits per heavy atom. The van der Waals surface area contributed by atoms with E-state index in [1.54, 1.807) is 6.07 Å². The van der Waals surface area contributed by atoms with Crippen molar-refractivity contribution in [3.8, 4) is 0 Å². The Bertz CT molecular complexity index is 423. The molecule has 64 valence electrons. The summed E-state index contributed by atoms with van der Waals surface area (Å²) in [4.78, 5) is 26.4. The van der Waals surface area contributed by atoms with E-state index >= 15 is 0 Å². The van der Waals surface area contributed by atoms with Gasteiger partial charge in [0.05, 0.1) is 17.7 Å². The summed E-state index contributed by atoms with van der Waals surface area (Å²) in [5, 5.41) is 7.26. The molecule has 1 N–H and O–H groups in total. The molecule has 13 heavy (non-hydrogen) atoms. The van der Waals surface area contributed by atoms with Crippen LogP contribution in [0.3, 0.4) is 0 Å². The SMILES string of the molecule is N=C1CC(=O)c2ncccc2C1=O. The van der Waals surface area contributed by atoms with Crippen LogP contribution in [0, 0.1) is 5.41 Å². The van der Waals surface area contributed by atoms with E-state index in [0.717, 1.165) is 0 Å². The van der Waals surface area contributed by atoms with Crippen molar-refractivity contribution in [1.29, 1.82) is 5.41 Å². The Hall–Kier alpha value is -1.84. The smallest absolute Gasteiger partial charge is 0.209 e. The van der Waals surface area contributed by atoms with E-state index in [2.05, 4.69) is 4.98 Å². The summed E-state index contributed by atoms with van der Waals surface area (Å²) >= 11 is 0. The molecule has 0 fully saturated rings. The highest BCUT2D eigenvalue weighted by Crippen LogP contribution is 2.16. The number of fused-ring (bicyclic) bond motifs is 1. The monoisotopic (exact) mass is 174 g/mol. The molecule has 1 aromatic rings. The Kier molecular flexibility index (Phi) is 1.55. The van der Waals surface area contributed by atoms with E-state index in [9.17, 15) is 9.59 Å². The third kappa shape index (κ3) is 1.07. The van der Waals surface area contributed by atoms with Crippen molar-refractivity contribution in [3.63, 3.8) is 0 Å². The molecule has 0 atom stereocenters. The van der Waals surface area contributed by atoms with Gasteiger partial charge in [0.25, 0.3) is 0 Å². The predicted molar refractivity (Wildman–Crippen MR) is 45.2 cm³/mol. The van der Waals surface area contributed by atoms with E-state index in [1.165, 1.54) is 12.3 Å². The van der Waals surface area contributed by atoms with Crippen molar-refractivity contribution in [1.82, 2.24) is 4.98 Å². The second-order valence-corrected chi connectivity index (χ2v) is 2.81. The maximum atomic E-state index is 11.3. The zero-order valence-electron chi connectivity index (χ0n) is 6.70. The molecule has 4 heteroatoms. The minimum Gasteiger partial charge on any atom is -0.301 e. The Labute approximate surface area is 74.1 Å². The lowest BCUT2D eigenvalue weighted by atomic mass is 9.92. The highest BCUT2D eigenvalue weighted by Gasteiger charge is 2.28. The van der Waals surface area contributed by atoms with Crippen molar-refractivity contribution in [2.45, 2.75) is 6.42 Å². The molecule has 0 amide bonds. The minimum absolute atomic E-state index is 0.122. The molecular formula is C9H6N2O2. The van der Waals surface area contributed by atoms with Crippen LogP contribution in [-0.4, -0.2) is 22.3 Å². The van der Waals surface area contributed by atoms with Gasteiger partial charge in [0.15, 0.2) is 5.78 Å². The molecule has 0 spiro atoms. The zero-order chi connectivity index (χ0) is 9.42. The molecule has 1 aliphatic carbocycles. The largest absolute Gasteiger partial charge is 0.301 e. The number of nitrogens with zero attached hydrogens (tertiary/aromatic N) is 1. The molecule has 1 aromatic heterocycles. The van der Waals surface area contributed by atoms with Crippen LogP contribution in [0.2, 0.25) is 0 Å². The first kappa shape index (κ1) is 7.79. The number of hydrogen-bond donors (Lipinski definition) is 1. The molecule has 0 saturated heterocycles. The summed E-state index contributed by atoms with van der Waals surface area (Å²) in [6, 6.07) is 3.11. The molecule has 1 aliphatic rings. The first-order valence-electron chi connectivity index (χ1n) is 3.80. The van der Waals surface area contributed by atoms with Gasteiger partial charge in [-0.2, -0.15) is 0 Å². The first-order valence-corrected chi connectivity index (χ1v) is 3.80. The van der Waals surface area contributed by atoms with Crippen LogP contribution in [0.15, 0.2) is 18.3 Å². The van der Waals surface area contributed by atoms with E-state index in [0.29, 0.717) is 0 Å². The molecule has 0 aromatic carbocycles. The average Bonchev–Trinajstić information content (AvgIpc) is 2.15. The second kappa shape index (κ2) is 2.58. The lowest BCUT2D eigenvalue weighted by Crippen LogP contribution is -2.27. The van der Waals surface area contributed by atoms with Gasteiger partial charge in [0, 0.05) is 6.20 Å². The second-order valence-electron chi connectivity index (χ2n) is 2.81. The predicted octanol–water partition coefficient (Wildman–Crippen LogP) is 0.870. The lowest BCUT2D eigenvalue weighted by Gasteiger charge is -2.11. The lowest BCUT2D eigenvalue weighted by molar-refractivity contribution is 0.0959.